The molecule has 0 saturated heterocycles. The molecule has 1 N–H and O–H groups in total. The highest BCUT2D eigenvalue weighted by Gasteiger charge is 2.12. The Labute approximate surface area is 104 Å². The molecule has 0 fully saturated rings. The van der Waals surface area contributed by atoms with E-state index in [4.69, 9.17) is 21.4 Å². The lowest BCUT2D eigenvalue weighted by molar-refractivity contribution is -0.137. The largest absolute Gasteiger partial charge is 0.481 e. The van der Waals surface area contributed by atoms with Gasteiger partial charge in [-0.05, 0) is 24.3 Å². The summed E-state index contributed by atoms with van der Waals surface area (Å²) in [4.78, 5) is 23.0. The topological polar surface area (TPSA) is 66.8 Å². The molecule has 1 rings (SSSR count). The normalized spacial score (nSPS) is 9.76. The number of amides is 1. The lowest BCUT2D eigenvalue weighted by Gasteiger charge is -2.15. The van der Waals surface area contributed by atoms with E-state index < -0.39 is 12.1 Å². The number of benzene rings is 1. The number of carbonyl (C=O) groups excluding carboxylic acids is 1. The Balaban J connectivity index is 2.48. The van der Waals surface area contributed by atoms with E-state index in [1.807, 2.05) is 0 Å². The monoisotopic (exact) mass is 257 g/mol. The SMILES string of the molecule is CN(CCC(=O)O)C(=O)Oc1ccc(Cl)cc1. The van der Waals surface area contributed by atoms with Gasteiger partial charge in [0.2, 0.25) is 0 Å². The van der Waals surface area contributed by atoms with Gasteiger partial charge in [0.1, 0.15) is 5.75 Å². The van der Waals surface area contributed by atoms with Gasteiger partial charge < -0.3 is 14.7 Å². The lowest BCUT2D eigenvalue weighted by atomic mass is 10.3. The van der Waals surface area contributed by atoms with Crippen molar-refractivity contribution in [3.8, 4) is 5.75 Å². The number of halogens is 1. The van der Waals surface area contributed by atoms with E-state index >= 15 is 0 Å². The Morgan fingerprint density at radius 2 is 1.94 bits per heavy atom. The van der Waals surface area contributed by atoms with E-state index in [9.17, 15) is 9.59 Å². The number of hydrogen-bond donors (Lipinski definition) is 1. The number of hydrogen-bond acceptors (Lipinski definition) is 3. The van der Waals surface area contributed by atoms with Gasteiger partial charge in [0.05, 0.1) is 6.42 Å². The van der Waals surface area contributed by atoms with Crippen LogP contribution in [0.1, 0.15) is 6.42 Å². The molecule has 0 aliphatic heterocycles. The molecule has 0 aliphatic rings. The molecular formula is C11H12ClNO4. The Morgan fingerprint density at radius 3 is 2.47 bits per heavy atom. The van der Waals surface area contributed by atoms with Crippen LogP contribution in [0.25, 0.3) is 0 Å². The second-order valence-electron chi connectivity index (χ2n) is 3.39. The van der Waals surface area contributed by atoms with Crippen molar-refractivity contribution in [1.82, 2.24) is 4.90 Å². The molecule has 1 amide bonds. The lowest BCUT2D eigenvalue weighted by Crippen LogP contribution is -2.31. The smallest absolute Gasteiger partial charge is 0.414 e. The Morgan fingerprint density at radius 1 is 1.35 bits per heavy atom. The molecule has 0 heterocycles. The summed E-state index contributed by atoms with van der Waals surface area (Å²) in [5, 5.41) is 9.02. The van der Waals surface area contributed by atoms with Gasteiger partial charge in [0.15, 0.2) is 0 Å². The molecule has 0 saturated carbocycles. The second kappa shape index (κ2) is 6.10. The minimum atomic E-state index is -0.962. The molecule has 0 spiro atoms. The maximum Gasteiger partial charge on any atom is 0.414 e. The highest BCUT2D eigenvalue weighted by atomic mass is 35.5. The molecule has 6 heteroatoms. The molecule has 0 bridgehead atoms. The summed E-state index contributed by atoms with van der Waals surface area (Å²) < 4.78 is 5.00. The van der Waals surface area contributed by atoms with Gasteiger partial charge in [0.25, 0.3) is 0 Å². The van der Waals surface area contributed by atoms with E-state index in [0.717, 1.165) is 0 Å². The van der Waals surface area contributed by atoms with Crippen LogP contribution in [0, 0.1) is 0 Å². The summed E-state index contributed by atoms with van der Waals surface area (Å²) in [6, 6.07) is 6.32. The third-order valence-electron chi connectivity index (χ3n) is 1.99. The summed E-state index contributed by atoms with van der Waals surface area (Å²) in [6.45, 7) is 0.0990. The summed E-state index contributed by atoms with van der Waals surface area (Å²) in [7, 11) is 1.47. The summed E-state index contributed by atoms with van der Waals surface area (Å²) in [6.07, 6.45) is -0.722. The summed E-state index contributed by atoms with van der Waals surface area (Å²) >= 11 is 5.68. The molecular weight excluding hydrogens is 246 g/mol. The van der Waals surface area contributed by atoms with Crippen molar-refractivity contribution in [3.05, 3.63) is 29.3 Å². The molecule has 92 valence electrons. The van der Waals surface area contributed by atoms with Crippen LogP contribution in [0.15, 0.2) is 24.3 Å². The van der Waals surface area contributed by atoms with E-state index in [1.165, 1.54) is 11.9 Å². The first-order valence-corrected chi connectivity index (χ1v) is 5.27. The second-order valence-corrected chi connectivity index (χ2v) is 3.82. The van der Waals surface area contributed by atoms with E-state index in [-0.39, 0.29) is 13.0 Å². The molecule has 17 heavy (non-hydrogen) atoms. The van der Waals surface area contributed by atoms with Crippen LogP contribution in [0.2, 0.25) is 5.02 Å². The number of rotatable bonds is 4. The van der Waals surface area contributed by atoms with Crippen LogP contribution >= 0.6 is 11.6 Å². The van der Waals surface area contributed by atoms with Gasteiger partial charge in [-0.3, -0.25) is 4.79 Å². The highest BCUT2D eigenvalue weighted by molar-refractivity contribution is 6.30. The number of carboxylic acid groups (broad SMARTS) is 1. The summed E-state index contributed by atoms with van der Waals surface area (Å²) in [5.41, 5.74) is 0. The third-order valence-corrected chi connectivity index (χ3v) is 2.24. The van der Waals surface area contributed by atoms with Gasteiger partial charge >= 0.3 is 12.1 Å². The number of aliphatic carboxylic acids is 1. The number of ether oxygens (including phenoxy) is 1. The van der Waals surface area contributed by atoms with Gasteiger partial charge in [0, 0.05) is 18.6 Å². The van der Waals surface area contributed by atoms with E-state index in [0.29, 0.717) is 10.8 Å². The van der Waals surface area contributed by atoms with Crippen molar-refractivity contribution in [3.63, 3.8) is 0 Å². The first-order chi connectivity index (χ1) is 7.99. The van der Waals surface area contributed by atoms with Gasteiger partial charge in [-0.1, -0.05) is 11.6 Å². The predicted octanol–water partition coefficient (Wildman–Crippen LogP) is 2.25. The maximum absolute atomic E-state index is 11.5. The first-order valence-electron chi connectivity index (χ1n) is 4.89. The molecule has 0 aromatic heterocycles. The average molecular weight is 258 g/mol. The van der Waals surface area contributed by atoms with Crippen LogP contribution in [0.5, 0.6) is 5.75 Å². The van der Waals surface area contributed by atoms with E-state index in [1.54, 1.807) is 24.3 Å². The van der Waals surface area contributed by atoms with Crippen molar-refractivity contribution in [1.29, 1.82) is 0 Å². The zero-order valence-corrected chi connectivity index (χ0v) is 9.98. The van der Waals surface area contributed by atoms with Crippen LogP contribution in [0.3, 0.4) is 0 Å². The standard InChI is InChI=1S/C11H12ClNO4/c1-13(7-6-10(14)15)11(16)17-9-4-2-8(12)3-5-9/h2-5H,6-7H2,1H3,(H,14,15). The third kappa shape index (κ3) is 4.74. The number of carbonyl (C=O) groups is 2. The molecule has 1 aromatic rings. The molecule has 5 nitrogen and oxygen atoms in total. The highest BCUT2D eigenvalue weighted by Crippen LogP contribution is 2.16. The van der Waals surface area contributed by atoms with Crippen LogP contribution in [-0.2, 0) is 4.79 Å². The average Bonchev–Trinajstić information content (AvgIpc) is 2.28. The Hall–Kier alpha value is -1.75. The number of carboxylic acids is 1. The van der Waals surface area contributed by atoms with Crippen molar-refractivity contribution in [2.45, 2.75) is 6.42 Å². The van der Waals surface area contributed by atoms with Crippen molar-refractivity contribution in [2.24, 2.45) is 0 Å². The molecule has 0 aliphatic carbocycles. The minimum absolute atomic E-state index is 0.0990. The zero-order chi connectivity index (χ0) is 12.8. The van der Waals surface area contributed by atoms with Crippen molar-refractivity contribution in [2.75, 3.05) is 13.6 Å². The fraction of sp³-hybridized carbons (Fsp3) is 0.273. The number of nitrogens with zero attached hydrogens (tertiary/aromatic N) is 1. The van der Waals surface area contributed by atoms with E-state index in [2.05, 4.69) is 0 Å². The Bertz CT molecular complexity index is 404. The van der Waals surface area contributed by atoms with Gasteiger partial charge in [-0.2, -0.15) is 0 Å². The fourth-order valence-corrected chi connectivity index (χ4v) is 1.16. The minimum Gasteiger partial charge on any atom is -0.481 e. The Kier molecular flexibility index (Phi) is 4.78. The van der Waals surface area contributed by atoms with Crippen molar-refractivity contribution < 1.29 is 19.4 Å². The summed E-state index contributed by atoms with van der Waals surface area (Å²) in [5.74, 6) is -0.599. The quantitative estimate of drug-likeness (QED) is 0.898. The van der Waals surface area contributed by atoms with Crippen molar-refractivity contribution >= 4 is 23.7 Å². The first kappa shape index (κ1) is 13.3. The van der Waals surface area contributed by atoms with Crippen LogP contribution < -0.4 is 4.74 Å². The molecule has 0 radical (unpaired) electrons. The molecule has 0 atom stereocenters. The van der Waals surface area contributed by atoms with Gasteiger partial charge in [-0.15, -0.1) is 0 Å². The van der Waals surface area contributed by atoms with Gasteiger partial charge in [-0.25, -0.2) is 4.79 Å². The zero-order valence-electron chi connectivity index (χ0n) is 9.22. The maximum atomic E-state index is 11.5. The molecule has 1 aromatic carbocycles. The van der Waals surface area contributed by atoms with Crippen LogP contribution in [0.4, 0.5) is 4.79 Å². The van der Waals surface area contributed by atoms with Crippen LogP contribution in [-0.4, -0.2) is 35.7 Å². The fourth-order valence-electron chi connectivity index (χ4n) is 1.04. The molecule has 0 unspecified atom stereocenters. The predicted molar refractivity (Wildman–Crippen MR) is 62.4 cm³/mol.